The van der Waals surface area contributed by atoms with Crippen LogP contribution >= 0.6 is 11.8 Å². The van der Waals surface area contributed by atoms with Crippen molar-refractivity contribution in [1.82, 2.24) is 9.97 Å². The van der Waals surface area contributed by atoms with Crippen LogP contribution in [-0.2, 0) is 0 Å². The van der Waals surface area contributed by atoms with Gasteiger partial charge in [-0.25, -0.2) is 4.98 Å². The molecule has 1 rings (SSSR count). The molecule has 0 aliphatic carbocycles. The van der Waals surface area contributed by atoms with Gasteiger partial charge in [0.15, 0.2) is 5.16 Å². The lowest BCUT2D eigenvalue weighted by Crippen LogP contribution is -1.99. The van der Waals surface area contributed by atoms with Crippen molar-refractivity contribution in [3.05, 3.63) is 31.0 Å². The van der Waals surface area contributed by atoms with Crippen LogP contribution in [0, 0.1) is 0 Å². The maximum absolute atomic E-state index is 5.37. The van der Waals surface area contributed by atoms with Gasteiger partial charge in [0, 0.05) is 6.20 Å². The van der Waals surface area contributed by atoms with Gasteiger partial charge in [-0.15, -0.1) is 0 Å². The van der Waals surface area contributed by atoms with Gasteiger partial charge < -0.3 is 4.74 Å². The molecule has 0 N–H and O–H groups in total. The number of thioether (sulfide) groups is 1. The summed E-state index contributed by atoms with van der Waals surface area (Å²) in [6.07, 6.45) is 6.96. The molecule has 0 aromatic carbocycles. The van der Waals surface area contributed by atoms with Crippen molar-refractivity contribution in [2.75, 3.05) is 12.9 Å². The minimum absolute atomic E-state index is 0.436. The van der Waals surface area contributed by atoms with Crippen molar-refractivity contribution in [2.45, 2.75) is 5.16 Å². The SMILES string of the molecule is C=CCOc1nc(SC)ncc1C=C. The van der Waals surface area contributed by atoms with Crippen molar-refractivity contribution in [1.29, 1.82) is 0 Å². The third-order valence-electron chi connectivity index (χ3n) is 1.50. The molecule has 0 radical (unpaired) electrons. The predicted octanol–water partition coefficient (Wildman–Crippen LogP) is 2.41. The predicted molar refractivity (Wildman–Crippen MR) is 59.6 cm³/mol. The number of ether oxygens (including phenoxy) is 1. The second-order valence-corrected chi connectivity index (χ2v) is 3.19. The molecule has 1 aromatic heterocycles. The lowest BCUT2D eigenvalue weighted by molar-refractivity contribution is 0.343. The Morgan fingerprint density at radius 3 is 2.93 bits per heavy atom. The Labute approximate surface area is 87.9 Å². The van der Waals surface area contributed by atoms with Crippen LogP contribution in [0.25, 0.3) is 6.08 Å². The molecule has 0 amide bonds. The molecule has 0 atom stereocenters. The fraction of sp³-hybridized carbons (Fsp3) is 0.200. The van der Waals surface area contributed by atoms with Gasteiger partial charge in [0.2, 0.25) is 5.88 Å². The van der Waals surface area contributed by atoms with E-state index in [2.05, 4.69) is 23.1 Å². The molecule has 1 heterocycles. The van der Waals surface area contributed by atoms with E-state index in [4.69, 9.17) is 4.74 Å². The van der Waals surface area contributed by atoms with E-state index in [0.717, 1.165) is 5.56 Å². The number of nitrogens with zero attached hydrogens (tertiary/aromatic N) is 2. The summed E-state index contributed by atoms with van der Waals surface area (Å²) in [5.74, 6) is 0.555. The maximum Gasteiger partial charge on any atom is 0.225 e. The summed E-state index contributed by atoms with van der Waals surface area (Å²) in [6.45, 7) is 7.67. The van der Waals surface area contributed by atoms with Gasteiger partial charge in [-0.1, -0.05) is 37.1 Å². The first kappa shape index (κ1) is 10.8. The molecule has 4 heteroatoms. The van der Waals surface area contributed by atoms with E-state index >= 15 is 0 Å². The second-order valence-electron chi connectivity index (χ2n) is 2.42. The summed E-state index contributed by atoms with van der Waals surface area (Å²) >= 11 is 1.47. The first-order valence-electron chi connectivity index (χ1n) is 4.09. The lowest BCUT2D eigenvalue weighted by Gasteiger charge is -2.06. The maximum atomic E-state index is 5.37. The monoisotopic (exact) mass is 208 g/mol. The molecule has 0 saturated carbocycles. The Balaban J connectivity index is 2.95. The van der Waals surface area contributed by atoms with Crippen molar-refractivity contribution in [3.8, 4) is 5.88 Å². The van der Waals surface area contributed by atoms with E-state index in [0.29, 0.717) is 17.6 Å². The van der Waals surface area contributed by atoms with E-state index < -0.39 is 0 Å². The molecule has 0 bridgehead atoms. The average molecular weight is 208 g/mol. The van der Waals surface area contributed by atoms with Gasteiger partial charge in [-0.05, 0) is 6.26 Å². The van der Waals surface area contributed by atoms with Crippen LogP contribution in [0.5, 0.6) is 5.88 Å². The average Bonchev–Trinajstić information content (AvgIpc) is 2.25. The van der Waals surface area contributed by atoms with E-state index in [1.807, 2.05) is 6.26 Å². The topological polar surface area (TPSA) is 35.0 Å². The number of hydrogen-bond acceptors (Lipinski definition) is 4. The van der Waals surface area contributed by atoms with E-state index in [1.54, 1.807) is 18.3 Å². The highest BCUT2D eigenvalue weighted by atomic mass is 32.2. The molecular weight excluding hydrogens is 196 g/mol. The van der Waals surface area contributed by atoms with Crippen molar-refractivity contribution in [3.63, 3.8) is 0 Å². The van der Waals surface area contributed by atoms with E-state index in [-0.39, 0.29) is 0 Å². The number of rotatable bonds is 5. The van der Waals surface area contributed by atoms with Crippen molar-refractivity contribution >= 4 is 17.8 Å². The normalized spacial score (nSPS) is 9.50. The van der Waals surface area contributed by atoms with Crippen LogP contribution < -0.4 is 4.74 Å². The summed E-state index contributed by atoms with van der Waals surface area (Å²) in [5.41, 5.74) is 0.796. The van der Waals surface area contributed by atoms with Crippen LogP contribution in [0.3, 0.4) is 0 Å². The molecule has 0 unspecified atom stereocenters. The highest BCUT2D eigenvalue weighted by molar-refractivity contribution is 7.98. The Hall–Kier alpha value is -1.29. The highest BCUT2D eigenvalue weighted by Crippen LogP contribution is 2.19. The fourth-order valence-corrected chi connectivity index (χ4v) is 1.18. The van der Waals surface area contributed by atoms with Gasteiger partial charge in [0.05, 0.1) is 5.56 Å². The van der Waals surface area contributed by atoms with E-state index in [1.165, 1.54) is 11.8 Å². The molecule has 74 valence electrons. The van der Waals surface area contributed by atoms with E-state index in [9.17, 15) is 0 Å². The Morgan fingerprint density at radius 1 is 1.57 bits per heavy atom. The largest absolute Gasteiger partial charge is 0.473 e. The van der Waals surface area contributed by atoms with Gasteiger partial charge in [0.1, 0.15) is 6.61 Å². The molecule has 1 aromatic rings. The van der Waals surface area contributed by atoms with Crippen LogP contribution in [-0.4, -0.2) is 22.8 Å². The summed E-state index contributed by atoms with van der Waals surface area (Å²) < 4.78 is 5.37. The van der Waals surface area contributed by atoms with Crippen LogP contribution in [0.4, 0.5) is 0 Å². The fourth-order valence-electron chi connectivity index (χ4n) is 0.852. The lowest BCUT2D eigenvalue weighted by atomic mass is 10.3. The van der Waals surface area contributed by atoms with Gasteiger partial charge in [-0.3, -0.25) is 0 Å². The molecule has 0 fully saturated rings. The smallest absolute Gasteiger partial charge is 0.225 e. The summed E-state index contributed by atoms with van der Waals surface area (Å²) in [7, 11) is 0. The summed E-state index contributed by atoms with van der Waals surface area (Å²) in [4.78, 5) is 8.32. The number of hydrogen-bond donors (Lipinski definition) is 0. The molecule has 14 heavy (non-hydrogen) atoms. The molecule has 3 nitrogen and oxygen atoms in total. The standard InChI is InChI=1S/C10H12N2OS/c1-4-6-13-9-8(5-2)7-11-10(12-9)14-3/h4-5,7H,1-2,6H2,3H3. The third kappa shape index (κ3) is 2.60. The zero-order chi connectivity index (χ0) is 10.4. The van der Waals surface area contributed by atoms with Crippen LogP contribution in [0.1, 0.15) is 5.56 Å². The molecular formula is C10H12N2OS. The second kappa shape index (κ2) is 5.44. The summed E-state index contributed by atoms with van der Waals surface area (Å²) in [5, 5.41) is 0.690. The quantitative estimate of drug-likeness (QED) is 0.423. The molecule has 0 spiro atoms. The Bertz CT molecular complexity index is 339. The zero-order valence-corrected chi connectivity index (χ0v) is 8.88. The summed E-state index contributed by atoms with van der Waals surface area (Å²) in [6, 6.07) is 0. The molecule has 0 aliphatic rings. The van der Waals surface area contributed by atoms with Crippen molar-refractivity contribution < 1.29 is 4.74 Å². The number of aromatic nitrogens is 2. The van der Waals surface area contributed by atoms with Crippen molar-refractivity contribution in [2.24, 2.45) is 0 Å². The first-order chi connectivity index (χ1) is 6.81. The first-order valence-corrected chi connectivity index (χ1v) is 5.31. The third-order valence-corrected chi connectivity index (χ3v) is 2.06. The highest BCUT2D eigenvalue weighted by Gasteiger charge is 2.04. The molecule has 0 saturated heterocycles. The van der Waals surface area contributed by atoms with Crippen LogP contribution in [0.2, 0.25) is 0 Å². The van der Waals surface area contributed by atoms with Gasteiger partial charge in [0.25, 0.3) is 0 Å². The van der Waals surface area contributed by atoms with Gasteiger partial charge >= 0.3 is 0 Å². The van der Waals surface area contributed by atoms with Crippen LogP contribution in [0.15, 0.2) is 30.6 Å². The van der Waals surface area contributed by atoms with Gasteiger partial charge in [-0.2, -0.15) is 4.98 Å². The Morgan fingerprint density at radius 2 is 2.36 bits per heavy atom. The minimum atomic E-state index is 0.436. The zero-order valence-electron chi connectivity index (χ0n) is 8.06. The Kier molecular flexibility index (Phi) is 4.19. The minimum Gasteiger partial charge on any atom is -0.473 e. The molecule has 0 aliphatic heterocycles.